The second kappa shape index (κ2) is 10.7. The molecule has 86 valence electrons. The van der Waals surface area contributed by atoms with Crippen molar-refractivity contribution in [3.8, 4) is 0 Å². The van der Waals surface area contributed by atoms with E-state index in [2.05, 4.69) is 16.7 Å². The SMILES string of the molecule is C=C/C(C)=C\c1ncnn1C.CC.CC. The Morgan fingerprint density at radius 1 is 1.33 bits per heavy atom. The highest BCUT2D eigenvalue weighted by atomic mass is 15.3. The monoisotopic (exact) mass is 209 g/mol. The zero-order valence-electron chi connectivity index (χ0n) is 10.8. The summed E-state index contributed by atoms with van der Waals surface area (Å²) >= 11 is 0. The summed E-state index contributed by atoms with van der Waals surface area (Å²) in [5, 5.41) is 3.93. The molecular weight excluding hydrogens is 186 g/mol. The van der Waals surface area contributed by atoms with E-state index in [1.807, 2.05) is 47.7 Å². The molecule has 0 saturated heterocycles. The van der Waals surface area contributed by atoms with Crippen molar-refractivity contribution in [2.45, 2.75) is 34.6 Å². The molecule has 1 aromatic heterocycles. The van der Waals surface area contributed by atoms with Gasteiger partial charge in [-0.05, 0) is 18.6 Å². The van der Waals surface area contributed by atoms with Crippen molar-refractivity contribution in [2.24, 2.45) is 7.05 Å². The van der Waals surface area contributed by atoms with E-state index in [4.69, 9.17) is 0 Å². The van der Waals surface area contributed by atoms with Crippen molar-refractivity contribution in [3.63, 3.8) is 0 Å². The number of aromatic nitrogens is 3. The number of aryl methyl sites for hydroxylation is 1. The number of nitrogens with zero attached hydrogens (tertiary/aromatic N) is 3. The van der Waals surface area contributed by atoms with Crippen LogP contribution in [-0.4, -0.2) is 14.8 Å². The van der Waals surface area contributed by atoms with Crippen LogP contribution in [0.2, 0.25) is 0 Å². The molecule has 0 unspecified atom stereocenters. The summed E-state index contributed by atoms with van der Waals surface area (Å²) in [7, 11) is 1.86. The predicted molar refractivity (Wildman–Crippen MR) is 67.5 cm³/mol. The first kappa shape index (κ1) is 16.1. The number of hydrogen-bond acceptors (Lipinski definition) is 2. The van der Waals surface area contributed by atoms with E-state index in [9.17, 15) is 0 Å². The summed E-state index contributed by atoms with van der Waals surface area (Å²) in [6, 6.07) is 0. The molecule has 1 aromatic rings. The van der Waals surface area contributed by atoms with Crippen molar-refractivity contribution < 1.29 is 0 Å². The van der Waals surface area contributed by atoms with Gasteiger partial charge in [-0.1, -0.05) is 40.3 Å². The fraction of sp³-hybridized carbons (Fsp3) is 0.500. The van der Waals surface area contributed by atoms with Gasteiger partial charge in [-0.3, -0.25) is 0 Å². The van der Waals surface area contributed by atoms with Crippen LogP contribution >= 0.6 is 0 Å². The summed E-state index contributed by atoms with van der Waals surface area (Å²) in [5.74, 6) is 0.849. The first-order chi connectivity index (χ1) is 7.24. The van der Waals surface area contributed by atoms with Crippen molar-refractivity contribution in [3.05, 3.63) is 30.4 Å². The lowest BCUT2D eigenvalue weighted by Gasteiger charge is -1.92. The number of rotatable bonds is 2. The summed E-state index contributed by atoms with van der Waals surface area (Å²) < 4.78 is 1.72. The van der Waals surface area contributed by atoms with Gasteiger partial charge in [0.05, 0.1) is 0 Å². The maximum absolute atomic E-state index is 4.03. The normalized spacial score (nSPS) is 9.33. The molecule has 3 nitrogen and oxygen atoms in total. The second-order valence-corrected chi connectivity index (χ2v) is 2.33. The quantitative estimate of drug-likeness (QED) is 0.698. The third-order valence-corrected chi connectivity index (χ3v) is 1.43. The molecule has 0 aliphatic heterocycles. The third kappa shape index (κ3) is 6.66. The van der Waals surface area contributed by atoms with E-state index < -0.39 is 0 Å². The van der Waals surface area contributed by atoms with Crippen molar-refractivity contribution >= 4 is 6.08 Å². The predicted octanol–water partition coefficient (Wildman–Crippen LogP) is 3.46. The highest BCUT2D eigenvalue weighted by Gasteiger charge is 1.93. The lowest BCUT2D eigenvalue weighted by Crippen LogP contribution is -1.93. The Bertz CT molecular complexity index is 285. The van der Waals surface area contributed by atoms with Crippen molar-refractivity contribution in [2.75, 3.05) is 0 Å². The molecule has 0 aliphatic rings. The van der Waals surface area contributed by atoms with Gasteiger partial charge in [-0.15, -0.1) is 0 Å². The highest BCUT2D eigenvalue weighted by molar-refractivity contribution is 5.47. The van der Waals surface area contributed by atoms with Crippen LogP contribution in [0.1, 0.15) is 40.4 Å². The minimum atomic E-state index is 0.849. The Morgan fingerprint density at radius 2 is 1.87 bits per heavy atom. The van der Waals surface area contributed by atoms with Crippen LogP contribution in [0.3, 0.4) is 0 Å². The Kier molecular flexibility index (Phi) is 11.5. The van der Waals surface area contributed by atoms with Gasteiger partial charge >= 0.3 is 0 Å². The topological polar surface area (TPSA) is 30.7 Å². The number of hydrogen-bond donors (Lipinski definition) is 0. The minimum Gasteiger partial charge on any atom is -0.249 e. The van der Waals surface area contributed by atoms with Gasteiger partial charge in [0, 0.05) is 7.05 Å². The molecule has 1 rings (SSSR count). The molecule has 0 spiro atoms. The first-order valence-corrected chi connectivity index (χ1v) is 5.39. The van der Waals surface area contributed by atoms with Gasteiger partial charge < -0.3 is 0 Å². The van der Waals surface area contributed by atoms with Crippen LogP contribution in [0.15, 0.2) is 24.6 Å². The zero-order valence-corrected chi connectivity index (χ0v) is 10.8. The average Bonchev–Trinajstić information content (AvgIpc) is 2.70. The van der Waals surface area contributed by atoms with E-state index in [0.717, 1.165) is 11.4 Å². The molecule has 0 fully saturated rings. The highest BCUT2D eigenvalue weighted by Crippen LogP contribution is 2.01. The Morgan fingerprint density at radius 3 is 2.20 bits per heavy atom. The zero-order chi connectivity index (χ0) is 12.3. The van der Waals surface area contributed by atoms with Gasteiger partial charge in [0.1, 0.15) is 6.33 Å². The minimum absolute atomic E-state index is 0.849. The van der Waals surface area contributed by atoms with E-state index in [-0.39, 0.29) is 0 Å². The summed E-state index contributed by atoms with van der Waals surface area (Å²) in [6.07, 6.45) is 5.25. The smallest absolute Gasteiger partial charge is 0.150 e. The van der Waals surface area contributed by atoms with Crippen LogP contribution in [0.4, 0.5) is 0 Å². The van der Waals surface area contributed by atoms with Gasteiger partial charge in [-0.2, -0.15) is 5.10 Å². The second-order valence-electron chi connectivity index (χ2n) is 2.33. The summed E-state index contributed by atoms with van der Waals surface area (Å²) in [6.45, 7) is 13.6. The molecule has 0 atom stereocenters. The molecule has 0 N–H and O–H groups in total. The van der Waals surface area contributed by atoms with Crippen LogP contribution in [0.5, 0.6) is 0 Å². The fourth-order valence-electron chi connectivity index (χ4n) is 0.698. The summed E-state index contributed by atoms with van der Waals surface area (Å²) in [4.78, 5) is 4.03. The Labute approximate surface area is 93.5 Å². The van der Waals surface area contributed by atoms with E-state index >= 15 is 0 Å². The molecule has 3 heteroatoms. The van der Waals surface area contributed by atoms with E-state index in [0.29, 0.717) is 0 Å². The third-order valence-electron chi connectivity index (χ3n) is 1.43. The molecule has 0 radical (unpaired) electrons. The van der Waals surface area contributed by atoms with Crippen LogP contribution < -0.4 is 0 Å². The van der Waals surface area contributed by atoms with Gasteiger partial charge in [0.25, 0.3) is 0 Å². The van der Waals surface area contributed by atoms with E-state index in [1.54, 1.807) is 10.8 Å². The van der Waals surface area contributed by atoms with Gasteiger partial charge in [0.15, 0.2) is 5.82 Å². The number of allylic oxidation sites excluding steroid dienone is 2. The molecule has 1 heterocycles. The molecule has 15 heavy (non-hydrogen) atoms. The molecule has 0 saturated carbocycles. The van der Waals surface area contributed by atoms with Crippen LogP contribution in [0, 0.1) is 0 Å². The molecule has 0 bridgehead atoms. The first-order valence-electron chi connectivity index (χ1n) is 5.39. The lowest BCUT2D eigenvalue weighted by molar-refractivity contribution is 0.756. The average molecular weight is 209 g/mol. The van der Waals surface area contributed by atoms with Crippen molar-refractivity contribution in [1.82, 2.24) is 14.8 Å². The fourth-order valence-corrected chi connectivity index (χ4v) is 0.698. The summed E-state index contributed by atoms with van der Waals surface area (Å²) in [5.41, 5.74) is 1.08. The Balaban J connectivity index is 0. The maximum Gasteiger partial charge on any atom is 0.150 e. The van der Waals surface area contributed by atoms with E-state index in [1.165, 1.54) is 6.33 Å². The maximum atomic E-state index is 4.03. The molecular formula is C12H23N3. The Hall–Kier alpha value is -1.38. The molecule has 0 amide bonds. The van der Waals surface area contributed by atoms with Crippen LogP contribution in [-0.2, 0) is 7.05 Å². The van der Waals surface area contributed by atoms with Gasteiger partial charge in [-0.25, -0.2) is 9.67 Å². The largest absolute Gasteiger partial charge is 0.249 e. The lowest BCUT2D eigenvalue weighted by atomic mass is 10.3. The molecule has 0 aliphatic carbocycles. The van der Waals surface area contributed by atoms with Gasteiger partial charge in [0.2, 0.25) is 0 Å². The van der Waals surface area contributed by atoms with Crippen molar-refractivity contribution in [1.29, 1.82) is 0 Å². The van der Waals surface area contributed by atoms with Crippen LogP contribution in [0.25, 0.3) is 6.08 Å². The standard InChI is InChI=1S/C8H11N3.2C2H6/c1-4-7(2)5-8-9-6-10-11(8)3;2*1-2/h4-6H,1H2,2-3H3;2*1-2H3/b7-5-;;. The molecule has 0 aromatic carbocycles.